The number of ketones is 1. The molecule has 0 spiro atoms. The summed E-state index contributed by atoms with van der Waals surface area (Å²) in [6.45, 7) is 1.38. The molecule has 0 radical (unpaired) electrons. The normalized spacial score (nSPS) is 36.6. The van der Waals surface area contributed by atoms with Crippen molar-refractivity contribution in [2.24, 2.45) is 11.8 Å². The molecule has 2 aliphatic carbocycles. The molecule has 0 N–H and O–H groups in total. The molecule has 4 nitrogen and oxygen atoms in total. The third-order valence-corrected chi connectivity index (χ3v) is 9.68. The maximum atomic E-state index is 13.2. The zero-order valence-electron chi connectivity index (χ0n) is 13.4. The fraction of sp³-hybridized carbons (Fsp3) is 0.353. The van der Waals surface area contributed by atoms with E-state index < -0.39 is 37.7 Å². The lowest BCUT2D eigenvalue weighted by Gasteiger charge is -2.34. The Hall–Kier alpha value is -0.490. The number of rotatable bonds is 2. The molecule has 0 aromatic heterocycles. The summed E-state index contributed by atoms with van der Waals surface area (Å²) in [4.78, 5) is 35.3. The Morgan fingerprint density at radius 3 is 1.89 bits per heavy atom. The van der Waals surface area contributed by atoms with Gasteiger partial charge in [0.2, 0.25) is 11.8 Å². The first-order chi connectivity index (χ1) is 12.4. The number of hydrogen-bond donors (Lipinski definition) is 0. The van der Waals surface area contributed by atoms with Crippen LogP contribution in [0.15, 0.2) is 34.3 Å². The van der Waals surface area contributed by atoms with E-state index >= 15 is 0 Å². The lowest BCUT2D eigenvalue weighted by Crippen LogP contribution is -2.50. The number of carbonyl (C=O) groups is 3. The van der Waals surface area contributed by atoms with Crippen molar-refractivity contribution < 1.29 is 14.4 Å². The van der Waals surface area contributed by atoms with Crippen molar-refractivity contribution in [3.8, 4) is 0 Å². The highest BCUT2D eigenvalue weighted by atomic mass is 35.5. The van der Waals surface area contributed by atoms with Crippen molar-refractivity contribution in [1.29, 1.82) is 0 Å². The van der Waals surface area contributed by atoms with Crippen molar-refractivity contribution in [3.05, 3.63) is 39.9 Å². The van der Waals surface area contributed by atoms with Gasteiger partial charge in [-0.15, -0.1) is 23.2 Å². The first-order valence-electron chi connectivity index (χ1n) is 7.73. The number of halogens is 6. The molecule has 1 heterocycles. The summed E-state index contributed by atoms with van der Waals surface area (Å²) >= 11 is 38.6. The second kappa shape index (κ2) is 5.78. The molecular weight excluding hydrogens is 479 g/mol. The average Bonchev–Trinajstić information content (AvgIpc) is 2.99. The molecule has 1 aromatic carbocycles. The number of fused-ring (bicyclic) bond motifs is 5. The first kappa shape index (κ1) is 19.8. The molecule has 1 saturated heterocycles. The van der Waals surface area contributed by atoms with Gasteiger partial charge in [-0.3, -0.25) is 14.4 Å². The lowest BCUT2D eigenvalue weighted by molar-refractivity contribution is -0.123. The van der Waals surface area contributed by atoms with Gasteiger partial charge in [0.25, 0.3) is 0 Å². The van der Waals surface area contributed by atoms with E-state index in [9.17, 15) is 14.4 Å². The van der Waals surface area contributed by atoms with Gasteiger partial charge in [0.15, 0.2) is 10.1 Å². The number of imide groups is 1. The van der Waals surface area contributed by atoms with Gasteiger partial charge in [-0.25, -0.2) is 4.90 Å². The highest BCUT2D eigenvalue weighted by Crippen LogP contribution is 2.77. The third kappa shape index (κ3) is 2.02. The molecule has 142 valence electrons. The summed E-state index contributed by atoms with van der Waals surface area (Å²) in [5.74, 6) is -3.93. The Labute approximate surface area is 184 Å². The number of anilines is 1. The molecule has 1 aliphatic heterocycles. The molecule has 1 saturated carbocycles. The zero-order chi connectivity index (χ0) is 20.1. The molecule has 4 atom stereocenters. The van der Waals surface area contributed by atoms with Crippen molar-refractivity contribution in [1.82, 2.24) is 0 Å². The van der Waals surface area contributed by atoms with Gasteiger partial charge in [-0.05, 0) is 19.1 Å². The third-order valence-electron chi connectivity index (χ3n) is 5.42. The average molecular weight is 488 g/mol. The van der Waals surface area contributed by atoms with E-state index in [0.29, 0.717) is 5.56 Å². The minimum atomic E-state index is -1.97. The van der Waals surface area contributed by atoms with Crippen LogP contribution in [0.25, 0.3) is 0 Å². The molecule has 4 rings (SSSR count). The van der Waals surface area contributed by atoms with E-state index in [-0.39, 0.29) is 21.5 Å². The summed E-state index contributed by atoms with van der Waals surface area (Å²) in [6, 6.07) is 6.10. The van der Waals surface area contributed by atoms with E-state index in [2.05, 4.69) is 0 Å². The summed E-state index contributed by atoms with van der Waals surface area (Å²) in [5, 5.41) is -0.292. The number of carbonyl (C=O) groups excluding carboxylic acids is 3. The van der Waals surface area contributed by atoms with Gasteiger partial charge in [-0.2, -0.15) is 0 Å². The van der Waals surface area contributed by atoms with Crippen LogP contribution in [-0.4, -0.2) is 31.7 Å². The van der Waals surface area contributed by atoms with E-state index in [4.69, 9.17) is 69.6 Å². The summed E-state index contributed by atoms with van der Waals surface area (Å²) in [6.07, 6.45) is 0. The predicted octanol–water partition coefficient (Wildman–Crippen LogP) is 4.84. The Kier molecular flexibility index (Phi) is 4.24. The van der Waals surface area contributed by atoms with Gasteiger partial charge in [-0.1, -0.05) is 58.5 Å². The second-order valence-electron chi connectivity index (χ2n) is 6.70. The lowest BCUT2D eigenvalue weighted by atomic mass is 9.84. The van der Waals surface area contributed by atoms with Crippen LogP contribution < -0.4 is 4.90 Å². The monoisotopic (exact) mass is 485 g/mol. The summed E-state index contributed by atoms with van der Waals surface area (Å²) < 4.78 is -1.97. The molecule has 2 bridgehead atoms. The van der Waals surface area contributed by atoms with Gasteiger partial charge in [0.1, 0.15) is 9.75 Å². The number of amides is 2. The SMILES string of the molecule is CC(=O)c1cccc(N2C(=O)[C@@H]3[C@H](C2=O)[C@]2(Cl)C(Cl)=C(Cl)[C@]3(Cl)C2(Cl)Cl)c1. The van der Waals surface area contributed by atoms with Crippen LogP contribution in [0.4, 0.5) is 5.69 Å². The number of alkyl halides is 4. The van der Waals surface area contributed by atoms with Crippen molar-refractivity contribution in [2.75, 3.05) is 4.90 Å². The van der Waals surface area contributed by atoms with E-state index in [1.54, 1.807) is 12.1 Å². The Morgan fingerprint density at radius 1 is 0.963 bits per heavy atom. The maximum absolute atomic E-state index is 13.2. The molecule has 2 fully saturated rings. The highest BCUT2D eigenvalue weighted by Gasteiger charge is 2.87. The van der Waals surface area contributed by atoms with E-state index in [0.717, 1.165) is 4.90 Å². The highest BCUT2D eigenvalue weighted by molar-refractivity contribution is 6.67. The second-order valence-corrected chi connectivity index (χ2v) is 9.98. The van der Waals surface area contributed by atoms with Crippen LogP contribution in [0.3, 0.4) is 0 Å². The quantitative estimate of drug-likeness (QED) is 0.341. The van der Waals surface area contributed by atoms with Crippen LogP contribution in [0.5, 0.6) is 0 Å². The minimum Gasteiger partial charge on any atom is -0.295 e. The molecule has 3 aliphatic rings. The molecule has 0 unspecified atom stereocenters. The van der Waals surface area contributed by atoms with Crippen molar-refractivity contribution >= 4 is 92.9 Å². The first-order valence-corrected chi connectivity index (χ1v) is 9.99. The summed E-state index contributed by atoms with van der Waals surface area (Å²) in [5.41, 5.74) is 0.557. The van der Waals surface area contributed by atoms with Crippen molar-refractivity contribution in [3.63, 3.8) is 0 Å². The Bertz CT molecular complexity index is 929. The Morgan fingerprint density at radius 2 is 1.44 bits per heavy atom. The van der Waals surface area contributed by atoms with Gasteiger partial charge < -0.3 is 0 Å². The molecule has 10 heteroatoms. The topological polar surface area (TPSA) is 54.5 Å². The number of hydrogen-bond acceptors (Lipinski definition) is 3. The Balaban J connectivity index is 1.89. The predicted molar refractivity (Wildman–Crippen MR) is 106 cm³/mol. The maximum Gasteiger partial charge on any atom is 0.240 e. The van der Waals surface area contributed by atoms with Crippen molar-refractivity contribution in [2.45, 2.75) is 21.0 Å². The van der Waals surface area contributed by atoms with Crippen LogP contribution in [-0.2, 0) is 9.59 Å². The largest absolute Gasteiger partial charge is 0.295 e. The van der Waals surface area contributed by atoms with E-state index in [1.807, 2.05) is 0 Å². The van der Waals surface area contributed by atoms with Gasteiger partial charge in [0, 0.05) is 5.56 Å². The standard InChI is InChI=1S/C17H9Cl6NO3/c1-6(25)7-3-2-4-8(5-7)24-13(26)9-10(14(24)27)16(21)12(19)11(18)15(9,20)17(16,22)23/h2-5,9-10H,1H3/t9-,10+,15-,16-/m0/s1. The van der Waals surface area contributed by atoms with Gasteiger partial charge >= 0.3 is 0 Å². The van der Waals surface area contributed by atoms with E-state index in [1.165, 1.54) is 19.1 Å². The number of nitrogens with zero attached hydrogens (tertiary/aromatic N) is 1. The molecule has 27 heavy (non-hydrogen) atoms. The number of benzene rings is 1. The minimum absolute atomic E-state index is 0.146. The fourth-order valence-electron chi connectivity index (χ4n) is 4.11. The van der Waals surface area contributed by atoms with Crippen LogP contribution >= 0.6 is 69.6 Å². The fourth-order valence-corrected chi connectivity index (χ4v) is 7.04. The summed E-state index contributed by atoms with van der Waals surface area (Å²) in [7, 11) is 0. The number of Topliss-reactive ketones (excluding diaryl/α,β-unsaturated/α-hetero) is 1. The number of allylic oxidation sites excluding steroid dienone is 2. The van der Waals surface area contributed by atoms with Gasteiger partial charge in [0.05, 0.1) is 27.6 Å². The zero-order valence-corrected chi connectivity index (χ0v) is 17.9. The molecule has 2 amide bonds. The van der Waals surface area contributed by atoms with Crippen LogP contribution in [0.1, 0.15) is 17.3 Å². The molecular formula is C17H9Cl6NO3. The van der Waals surface area contributed by atoms with Crippen LogP contribution in [0, 0.1) is 11.8 Å². The van der Waals surface area contributed by atoms with Crippen LogP contribution in [0.2, 0.25) is 0 Å². The smallest absolute Gasteiger partial charge is 0.240 e. The molecule has 1 aromatic rings.